The van der Waals surface area contributed by atoms with Crippen molar-refractivity contribution in [3.63, 3.8) is 0 Å². The van der Waals surface area contributed by atoms with E-state index in [4.69, 9.17) is 24.7 Å². The van der Waals surface area contributed by atoms with Crippen LogP contribution in [-0.2, 0) is 16.0 Å². The van der Waals surface area contributed by atoms with Gasteiger partial charge in [0.25, 0.3) is 0 Å². The molecule has 45 heavy (non-hydrogen) atoms. The predicted octanol–water partition coefficient (Wildman–Crippen LogP) is 5.39. The summed E-state index contributed by atoms with van der Waals surface area (Å²) in [7, 11) is 3.12. The van der Waals surface area contributed by atoms with Crippen molar-refractivity contribution in [1.82, 2.24) is 10.3 Å². The van der Waals surface area contributed by atoms with Gasteiger partial charge < -0.3 is 34.9 Å². The van der Waals surface area contributed by atoms with Gasteiger partial charge in [0.15, 0.2) is 23.1 Å². The van der Waals surface area contributed by atoms with Crippen molar-refractivity contribution in [2.45, 2.75) is 19.3 Å². The molecular formula is C33H34BrFN4O6. The number of halogens is 2. The lowest BCUT2D eigenvalue weighted by atomic mass is 9.99. The van der Waals surface area contributed by atoms with Gasteiger partial charge in [0.2, 0.25) is 0 Å². The number of amides is 2. The molecular weight excluding hydrogens is 647 g/mol. The maximum absolute atomic E-state index is 15.5. The summed E-state index contributed by atoms with van der Waals surface area (Å²) in [6.45, 7) is 2.61. The molecule has 2 heterocycles. The summed E-state index contributed by atoms with van der Waals surface area (Å²) in [4.78, 5) is 30.2. The number of methoxy groups -OCH3 is 2. The molecule has 0 atom stereocenters. The molecule has 0 aliphatic carbocycles. The zero-order chi connectivity index (χ0) is 31.9. The van der Waals surface area contributed by atoms with Crippen LogP contribution in [0, 0.1) is 11.7 Å². The highest BCUT2D eigenvalue weighted by Gasteiger charge is 2.23. The average Bonchev–Trinajstić information content (AvgIpc) is 3.05. The van der Waals surface area contributed by atoms with Gasteiger partial charge in [0, 0.05) is 35.9 Å². The van der Waals surface area contributed by atoms with E-state index >= 15 is 4.39 Å². The molecule has 0 spiro atoms. The van der Waals surface area contributed by atoms with Crippen LogP contribution in [0.1, 0.15) is 18.4 Å². The number of pyridine rings is 1. The molecule has 1 aliphatic heterocycles. The monoisotopic (exact) mass is 680 g/mol. The molecule has 2 amide bonds. The minimum atomic E-state index is -1.15. The molecule has 1 aromatic heterocycles. The van der Waals surface area contributed by atoms with Gasteiger partial charge in [0.1, 0.15) is 11.5 Å². The Kier molecular flexibility index (Phi) is 10.4. The lowest BCUT2D eigenvalue weighted by molar-refractivity contribution is -0.135. The van der Waals surface area contributed by atoms with Crippen LogP contribution in [0.5, 0.6) is 28.7 Å². The minimum Gasteiger partial charge on any atom is -0.496 e. The van der Waals surface area contributed by atoms with E-state index in [9.17, 15) is 9.59 Å². The molecule has 236 valence electrons. The van der Waals surface area contributed by atoms with Crippen LogP contribution >= 0.6 is 15.9 Å². The summed E-state index contributed by atoms with van der Waals surface area (Å²) in [5.74, 6) is -0.376. The first-order valence-corrected chi connectivity index (χ1v) is 15.3. The number of hydrogen-bond donors (Lipinski definition) is 2. The van der Waals surface area contributed by atoms with Crippen molar-refractivity contribution in [2.24, 2.45) is 11.7 Å². The van der Waals surface area contributed by atoms with E-state index in [2.05, 4.69) is 26.2 Å². The number of hydrogen-bond acceptors (Lipinski definition) is 8. The number of nitrogens with one attached hydrogen (secondary N) is 1. The number of piperidine rings is 1. The molecule has 4 aromatic rings. The second kappa shape index (κ2) is 14.6. The third-order valence-corrected chi connectivity index (χ3v) is 8.28. The maximum Gasteiger partial charge on any atom is 0.316 e. The van der Waals surface area contributed by atoms with Crippen molar-refractivity contribution >= 4 is 44.3 Å². The second-order valence-corrected chi connectivity index (χ2v) is 11.4. The van der Waals surface area contributed by atoms with E-state index in [-0.39, 0.29) is 18.0 Å². The van der Waals surface area contributed by atoms with Crippen molar-refractivity contribution < 1.29 is 32.9 Å². The standard InChI is InChI=1S/C33H34BrFN4O6/c1-42-28-5-3-20(15-24(28)34)10-14-39(33(41)32(36)40)22-4-6-29(25(35)16-22)45-27-9-13-38-26-18-31(30(43-2)17-23(26)27)44-19-21-7-11-37-12-8-21/h3-6,9,13,15-18,21,37H,7-8,10-12,14,19H2,1-2H3,(H2,36,40). The molecule has 1 aliphatic rings. The Bertz CT molecular complexity index is 1700. The SMILES string of the molecule is COc1ccc(CCN(C(=O)C(N)=O)c2ccc(Oc3ccnc4cc(OCC5CCNCC5)c(OC)cc34)c(F)c2)cc1Br. The first-order chi connectivity index (χ1) is 21.8. The van der Waals surface area contributed by atoms with E-state index in [1.54, 1.807) is 44.7 Å². The van der Waals surface area contributed by atoms with Gasteiger partial charge in [-0.3, -0.25) is 14.6 Å². The van der Waals surface area contributed by atoms with E-state index in [0.29, 0.717) is 52.8 Å². The lowest BCUT2D eigenvalue weighted by Crippen LogP contribution is -2.41. The summed E-state index contributed by atoms with van der Waals surface area (Å²) in [5, 5.41) is 3.95. The molecule has 3 aromatic carbocycles. The second-order valence-electron chi connectivity index (χ2n) is 10.6. The largest absolute Gasteiger partial charge is 0.496 e. The normalized spacial score (nSPS) is 13.3. The summed E-state index contributed by atoms with van der Waals surface area (Å²) >= 11 is 3.44. The van der Waals surface area contributed by atoms with E-state index in [0.717, 1.165) is 46.9 Å². The van der Waals surface area contributed by atoms with Crippen LogP contribution < -0.4 is 34.9 Å². The van der Waals surface area contributed by atoms with E-state index < -0.39 is 17.6 Å². The highest BCUT2D eigenvalue weighted by molar-refractivity contribution is 9.10. The Morgan fingerprint density at radius 2 is 1.73 bits per heavy atom. The van der Waals surface area contributed by atoms with Crippen LogP contribution in [0.25, 0.3) is 10.9 Å². The molecule has 10 nitrogen and oxygen atoms in total. The average molecular weight is 682 g/mol. The number of fused-ring (bicyclic) bond motifs is 1. The smallest absolute Gasteiger partial charge is 0.316 e. The van der Waals surface area contributed by atoms with Gasteiger partial charge in [-0.25, -0.2) is 4.39 Å². The fraction of sp³-hybridized carbons (Fsp3) is 0.303. The third-order valence-electron chi connectivity index (χ3n) is 7.66. The van der Waals surface area contributed by atoms with Crippen LogP contribution in [0.3, 0.4) is 0 Å². The molecule has 0 saturated carbocycles. The number of carbonyl (C=O) groups excluding carboxylic acids is 2. The molecule has 5 rings (SSSR count). The van der Waals surface area contributed by atoms with Gasteiger partial charge in [-0.05, 0) is 96.2 Å². The fourth-order valence-corrected chi connectivity index (χ4v) is 5.78. The lowest BCUT2D eigenvalue weighted by Gasteiger charge is -2.23. The van der Waals surface area contributed by atoms with Crippen molar-refractivity contribution in [1.29, 1.82) is 0 Å². The number of ether oxygens (including phenoxy) is 4. The van der Waals surface area contributed by atoms with Gasteiger partial charge in [-0.2, -0.15) is 0 Å². The Morgan fingerprint density at radius 3 is 2.42 bits per heavy atom. The topological polar surface area (TPSA) is 125 Å². The van der Waals surface area contributed by atoms with Gasteiger partial charge >= 0.3 is 11.8 Å². The summed E-state index contributed by atoms with van der Waals surface area (Å²) in [5.41, 5.74) is 6.94. The van der Waals surface area contributed by atoms with Crippen LogP contribution in [-0.4, -0.2) is 57.3 Å². The number of nitrogens with two attached hydrogens (primary N) is 1. The van der Waals surface area contributed by atoms with Gasteiger partial charge in [-0.15, -0.1) is 0 Å². The van der Waals surface area contributed by atoms with E-state index in [1.807, 2.05) is 12.1 Å². The zero-order valence-corrected chi connectivity index (χ0v) is 26.6. The van der Waals surface area contributed by atoms with Crippen molar-refractivity contribution in [3.8, 4) is 28.7 Å². The van der Waals surface area contributed by atoms with Crippen LogP contribution in [0.4, 0.5) is 10.1 Å². The molecule has 0 radical (unpaired) electrons. The number of anilines is 1. The van der Waals surface area contributed by atoms with Gasteiger partial charge in [-0.1, -0.05) is 6.07 Å². The summed E-state index contributed by atoms with van der Waals surface area (Å²) < 4.78 is 39.2. The third kappa shape index (κ3) is 7.63. The number of aromatic nitrogens is 1. The first-order valence-electron chi connectivity index (χ1n) is 14.5. The molecule has 12 heteroatoms. The Hall–Kier alpha value is -4.42. The quantitative estimate of drug-likeness (QED) is 0.202. The Balaban J connectivity index is 1.36. The Morgan fingerprint density at radius 1 is 0.978 bits per heavy atom. The van der Waals surface area contributed by atoms with E-state index in [1.165, 1.54) is 12.1 Å². The highest BCUT2D eigenvalue weighted by Crippen LogP contribution is 2.38. The van der Waals surface area contributed by atoms with Crippen molar-refractivity contribution in [2.75, 3.05) is 45.4 Å². The molecule has 0 bridgehead atoms. The van der Waals surface area contributed by atoms with Crippen LogP contribution in [0.15, 0.2) is 65.3 Å². The predicted molar refractivity (Wildman–Crippen MR) is 172 cm³/mol. The van der Waals surface area contributed by atoms with Gasteiger partial charge in [0.05, 0.1) is 30.8 Å². The number of nitrogens with zero attached hydrogens (tertiary/aromatic N) is 2. The summed E-state index contributed by atoms with van der Waals surface area (Å²) in [6, 6.07) is 14.7. The zero-order valence-electron chi connectivity index (χ0n) is 25.0. The minimum absolute atomic E-state index is 0.0804. The molecule has 3 N–H and O–H groups in total. The maximum atomic E-state index is 15.5. The highest BCUT2D eigenvalue weighted by atomic mass is 79.9. The Labute approximate surface area is 268 Å². The fourth-order valence-electron chi connectivity index (χ4n) is 5.19. The number of carbonyl (C=O) groups is 2. The number of rotatable bonds is 11. The molecule has 1 saturated heterocycles. The number of primary amides is 1. The molecule has 1 fully saturated rings. The number of benzene rings is 3. The van der Waals surface area contributed by atoms with Crippen molar-refractivity contribution in [3.05, 3.63) is 76.6 Å². The molecule has 0 unspecified atom stereocenters. The van der Waals surface area contributed by atoms with Crippen LogP contribution in [0.2, 0.25) is 0 Å². The summed E-state index contributed by atoms with van der Waals surface area (Å²) in [6.07, 6.45) is 4.03. The first kappa shape index (κ1) is 32.0.